The van der Waals surface area contributed by atoms with E-state index in [4.69, 9.17) is 11.6 Å². The van der Waals surface area contributed by atoms with Gasteiger partial charge in [-0.15, -0.1) is 0 Å². The first kappa shape index (κ1) is 16.2. The van der Waals surface area contributed by atoms with E-state index in [0.717, 1.165) is 5.56 Å². The average Bonchev–Trinajstić information content (AvgIpc) is 2.74. The number of nitrogens with one attached hydrogen (secondary N) is 1. The molecule has 0 radical (unpaired) electrons. The lowest BCUT2D eigenvalue weighted by Crippen LogP contribution is -2.47. The van der Waals surface area contributed by atoms with Crippen LogP contribution >= 0.6 is 11.6 Å². The average molecular weight is 334 g/mol. The maximum Gasteiger partial charge on any atom is 0.239 e. The molecule has 0 saturated heterocycles. The molecule has 2 aliphatic carbocycles. The predicted octanol–water partition coefficient (Wildman–Crippen LogP) is 3.55. The van der Waals surface area contributed by atoms with Gasteiger partial charge in [0.2, 0.25) is 17.5 Å². The van der Waals surface area contributed by atoms with E-state index in [1.807, 2.05) is 27.7 Å². The van der Waals surface area contributed by atoms with Crippen molar-refractivity contribution in [1.82, 2.24) is 0 Å². The van der Waals surface area contributed by atoms with Crippen LogP contribution in [-0.4, -0.2) is 17.5 Å². The van der Waals surface area contributed by atoms with Crippen LogP contribution in [0.2, 0.25) is 5.02 Å². The number of hydrogen-bond acceptors (Lipinski definition) is 3. The van der Waals surface area contributed by atoms with Crippen molar-refractivity contribution in [1.29, 1.82) is 0 Å². The predicted molar refractivity (Wildman–Crippen MR) is 88.4 cm³/mol. The molecule has 0 spiro atoms. The van der Waals surface area contributed by atoms with Gasteiger partial charge in [0.25, 0.3) is 0 Å². The van der Waals surface area contributed by atoms with Crippen LogP contribution < -0.4 is 5.32 Å². The first-order valence-electron chi connectivity index (χ1n) is 7.75. The fourth-order valence-corrected chi connectivity index (χ4v) is 4.50. The lowest BCUT2D eigenvalue weighted by molar-refractivity contribution is -0.147. The number of amides is 1. The van der Waals surface area contributed by atoms with E-state index in [9.17, 15) is 14.4 Å². The summed E-state index contributed by atoms with van der Waals surface area (Å²) < 4.78 is 0. The van der Waals surface area contributed by atoms with Gasteiger partial charge >= 0.3 is 0 Å². The molecule has 1 aromatic rings. The number of carbonyl (C=O) groups is 3. The van der Waals surface area contributed by atoms with E-state index in [2.05, 4.69) is 5.32 Å². The third kappa shape index (κ3) is 1.76. The monoisotopic (exact) mass is 333 g/mol. The first-order chi connectivity index (χ1) is 10.6. The molecule has 2 atom stereocenters. The third-order valence-electron chi connectivity index (χ3n) is 6.37. The van der Waals surface area contributed by atoms with Gasteiger partial charge in [0, 0.05) is 16.1 Å². The molecule has 2 saturated carbocycles. The number of Topliss-reactive ketones (excluding diaryl/α,β-unsaturated/α-hetero) is 2. The highest BCUT2D eigenvalue weighted by molar-refractivity contribution is 6.49. The summed E-state index contributed by atoms with van der Waals surface area (Å²) in [6.45, 7) is 7.36. The molecule has 2 aliphatic rings. The molecule has 23 heavy (non-hydrogen) atoms. The molecule has 2 bridgehead atoms. The Balaban J connectivity index is 2.02. The van der Waals surface area contributed by atoms with Crippen LogP contribution in [-0.2, 0) is 14.4 Å². The second kappa shape index (κ2) is 4.67. The van der Waals surface area contributed by atoms with Gasteiger partial charge < -0.3 is 5.32 Å². The Bertz CT molecular complexity index is 755. The first-order valence-corrected chi connectivity index (χ1v) is 8.12. The summed E-state index contributed by atoms with van der Waals surface area (Å²) in [6.07, 6.45) is 0.983. The fourth-order valence-electron chi connectivity index (χ4n) is 4.27. The number of aryl methyl sites for hydroxylation is 1. The van der Waals surface area contributed by atoms with E-state index in [1.54, 1.807) is 18.2 Å². The number of benzene rings is 1. The zero-order valence-corrected chi connectivity index (χ0v) is 14.5. The van der Waals surface area contributed by atoms with Gasteiger partial charge in [-0.1, -0.05) is 32.4 Å². The van der Waals surface area contributed by atoms with Gasteiger partial charge in [0.05, 0.1) is 0 Å². The third-order valence-corrected chi connectivity index (χ3v) is 6.60. The Morgan fingerprint density at radius 3 is 2.30 bits per heavy atom. The SMILES string of the molecule is Cc1cc(Cl)ccc1NC(=O)[C@]12CC[C@](C)(C(=O)C1=O)C2(C)C. The van der Waals surface area contributed by atoms with Crippen molar-refractivity contribution >= 4 is 34.8 Å². The summed E-state index contributed by atoms with van der Waals surface area (Å²) in [5, 5.41) is 3.43. The largest absolute Gasteiger partial charge is 0.325 e. The molecular formula is C18H20ClNO3. The molecule has 0 heterocycles. The number of anilines is 1. The number of ketones is 2. The van der Waals surface area contributed by atoms with Crippen molar-refractivity contribution in [3.8, 4) is 0 Å². The summed E-state index contributed by atoms with van der Waals surface area (Å²) >= 11 is 5.94. The lowest BCUT2D eigenvalue weighted by Gasteiger charge is -2.37. The van der Waals surface area contributed by atoms with Crippen LogP contribution in [0, 0.1) is 23.2 Å². The van der Waals surface area contributed by atoms with E-state index in [-0.39, 0.29) is 5.91 Å². The molecule has 2 fully saturated rings. The van der Waals surface area contributed by atoms with Crippen molar-refractivity contribution in [3.05, 3.63) is 28.8 Å². The molecule has 1 amide bonds. The minimum absolute atomic E-state index is 0.382. The molecule has 1 aromatic carbocycles. The Morgan fingerprint density at radius 2 is 1.78 bits per heavy atom. The smallest absolute Gasteiger partial charge is 0.239 e. The normalized spacial score (nSPS) is 31.5. The molecular weight excluding hydrogens is 314 g/mol. The van der Waals surface area contributed by atoms with Gasteiger partial charge in [0.15, 0.2) is 0 Å². The van der Waals surface area contributed by atoms with Crippen LogP contribution in [0.5, 0.6) is 0 Å². The van der Waals surface area contributed by atoms with E-state index in [0.29, 0.717) is 23.6 Å². The second-order valence-electron chi connectivity index (χ2n) is 7.43. The standard InChI is InChI=1S/C18H20ClNO3/c1-10-9-11(19)5-6-12(10)20-15(23)18-8-7-17(4,16(18,2)3)13(21)14(18)22/h5-6,9H,7-8H2,1-4H3,(H,20,23)/t17-,18+/m1/s1. The Hall–Kier alpha value is -1.68. The summed E-state index contributed by atoms with van der Waals surface area (Å²) in [7, 11) is 0. The van der Waals surface area contributed by atoms with Gasteiger partial charge in [-0.25, -0.2) is 0 Å². The zero-order chi connectivity index (χ0) is 17.2. The number of carbonyl (C=O) groups excluding carboxylic acids is 3. The van der Waals surface area contributed by atoms with Crippen molar-refractivity contribution in [2.45, 2.75) is 40.5 Å². The van der Waals surface area contributed by atoms with Crippen LogP contribution in [0.3, 0.4) is 0 Å². The molecule has 3 rings (SSSR count). The van der Waals surface area contributed by atoms with Gasteiger partial charge in [0.1, 0.15) is 5.41 Å². The van der Waals surface area contributed by atoms with E-state index < -0.39 is 27.8 Å². The number of fused-ring (bicyclic) bond motifs is 2. The van der Waals surface area contributed by atoms with Crippen LogP contribution in [0.4, 0.5) is 5.69 Å². The van der Waals surface area contributed by atoms with Gasteiger partial charge in [-0.3, -0.25) is 14.4 Å². The Labute approximate surface area is 140 Å². The van der Waals surface area contributed by atoms with Gasteiger partial charge in [-0.05, 0) is 48.9 Å². The molecule has 0 unspecified atom stereocenters. The Morgan fingerprint density at radius 1 is 1.13 bits per heavy atom. The van der Waals surface area contributed by atoms with Gasteiger partial charge in [-0.2, -0.15) is 0 Å². The van der Waals surface area contributed by atoms with Crippen LogP contribution in [0.15, 0.2) is 18.2 Å². The fraction of sp³-hybridized carbons (Fsp3) is 0.500. The maximum atomic E-state index is 13.0. The summed E-state index contributed by atoms with van der Waals surface area (Å²) in [6, 6.07) is 5.16. The van der Waals surface area contributed by atoms with Crippen molar-refractivity contribution in [3.63, 3.8) is 0 Å². The number of hydrogen-bond donors (Lipinski definition) is 1. The molecule has 0 aromatic heterocycles. The highest BCUT2D eigenvalue weighted by Crippen LogP contribution is 2.69. The Kier molecular flexibility index (Phi) is 3.28. The minimum atomic E-state index is -1.27. The molecule has 4 nitrogen and oxygen atoms in total. The highest BCUT2D eigenvalue weighted by Gasteiger charge is 2.77. The summed E-state index contributed by atoms with van der Waals surface area (Å²) in [4.78, 5) is 38.1. The zero-order valence-electron chi connectivity index (χ0n) is 13.7. The van der Waals surface area contributed by atoms with E-state index in [1.165, 1.54) is 0 Å². The maximum absolute atomic E-state index is 13.0. The molecule has 5 heteroatoms. The van der Waals surface area contributed by atoms with Crippen molar-refractivity contribution in [2.24, 2.45) is 16.2 Å². The van der Waals surface area contributed by atoms with E-state index >= 15 is 0 Å². The van der Waals surface area contributed by atoms with Crippen LogP contribution in [0.1, 0.15) is 39.2 Å². The van der Waals surface area contributed by atoms with Crippen molar-refractivity contribution < 1.29 is 14.4 Å². The lowest BCUT2D eigenvalue weighted by atomic mass is 9.64. The van der Waals surface area contributed by atoms with Crippen LogP contribution in [0.25, 0.3) is 0 Å². The minimum Gasteiger partial charge on any atom is -0.325 e. The molecule has 0 aliphatic heterocycles. The summed E-state index contributed by atoms with van der Waals surface area (Å²) in [5.74, 6) is -1.33. The topological polar surface area (TPSA) is 63.2 Å². The molecule has 122 valence electrons. The number of rotatable bonds is 2. The second-order valence-corrected chi connectivity index (χ2v) is 7.87. The van der Waals surface area contributed by atoms with Crippen molar-refractivity contribution in [2.75, 3.05) is 5.32 Å². The summed E-state index contributed by atoms with van der Waals surface area (Å²) in [5.41, 5.74) is -1.29. The number of halogens is 1. The molecule has 1 N–H and O–H groups in total. The highest BCUT2D eigenvalue weighted by atomic mass is 35.5. The quantitative estimate of drug-likeness (QED) is 0.665.